The first-order valence-corrected chi connectivity index (χ1v) is 10.6. The molecule has 0 fully saturated rings. The van der Waals surface area contributed by atoms with Crippen LogP contribution in [0, 0.1) is 0 Å². The molecule has 0 aromatic heterocycles. The summed E-state index contributed by atoms with van der Waals surface area (Å²) in [5, 5.41) is 10.4. The lowest BCUT2D eigenvalue weighted by Crippen LogP contribution is -2.04. The van der Waals surface area contributed by atoms with Crippen LogP contribution in [0.1, 0.15) is 50.5 Å². The summed E-state index contributed by atoms with van der Waals surface area (Å²) in [6.45, 7) is 0. The summed E-state index contributed by atoms with van der Waals surface area (Å²) in [6.07, 6.45) is 5.03. The van der Waals surface area contributed by atoms with Gasteiger partial charge in [-0.2, -0.15) is 0 Å². The molecule has 0 saturated heterocycles. The molecule has 0 heterocycles. The Hall–Kier alpha value is -2.29. The molecule has 1 atom stereocenters. The molecule has 4 rings (SSSR count). The molecule has 3 aromatic rings. The van der Waals surface area contributed by atoms with Crippen molar-refractivity contribution >= 4 is 29.2 Å². The first-order valence-electron chi connectivity index (χ1n) is 9.87. The van der Waals surface area contributed by atoms with Crippen molar-refractivity contribution in [3.8, 4) is 0 Å². The van der Waals surface area contributed by atoms with Crippen LogP contribution in [0.15, 0.2) is 60.7 Å². The van der Waals surface area contributed by atoms with E-state index in [2.05, 4.69) is 18.2 Å². The van der Waals surface area contributed by atoms with Crippen LogP contribution >= 0.6 is 23.2 Å². The van der Waals surface area contributed by atoms with E-state index in [9.17, 15) is 4.79 Å². The molecule has 29 heavy (non-hydrogen) atoms. The first-order chi connectivity index (χ1) is 14.0. The van der Waals surface area contributed by atoms with Gasteiger partial charge in [0.1, 0.15) is 0 Å². The molecule has 148 valence electrons. The average molecular weight is 425 g/mol. The Bertz CT molecular complexity index is 1020. The van der Waals surface area contributed by atoms with Gasteiger partial charge in [0.2, 0.25) is 0 Å². The van der Waals surface area contributed by atoms with Crippen molar-refractivity contribution in [1.82, 2.24) is 0 Å². The minimum atomic E-state index is -0.888. The number of carbonyl (C=O) groups is 1. The molecule has 1 aliphatic carbocycles. The van der Waals surface area contributed by atoms with Crippen molar-refractivity contribution in [2.75, 3.05) is 0 Å². The molecule has 0 saturated carbocycles. The second-order valence-corrected chi connectivity index (χ2v) is 8.58. The molecule has 0 amide bonds. The van der Waals surface area contributed by atoms with Gasteiger partial charge in [-0.05, 0) is 96.2 Å². The maximum absolute atomic E-state index is 11.0. The van der Waals surface area contributed by atoms with Crippen molar-refractivity contribution in [3.05, 3.63) is 104 Å². The highest BCUT2D eigenvalue weighted by Crippen LogP contribution is 2.39. The second-order valence-electron chi connectivity index (χ2n) is 7.71. The van der Waals surface area contributed by atoms with Crippen LogP contribution < -0.4 is 0 Å². The summed E-state index contributed by atoms with van der Waals surface area (Å²) in [6, 6.07) is 19.6. The molecule has 1 N–H and O–H groups in total. The molecule has 0 bridgehead atoms. The van der Waals surface area contributed by atoms with Crippen molar-refractivity contribution in [2.45, 2.75) is 38.0 Å². The van der Waals surface area contributed by atoms with Gasteiger partial charge in [-0.15, -0.1) is 0 Å². The van der Waals surface area contributed by atoms with E-state index in [1.165, 1.54) is 22.3 Å². The van der Waals surface area contributed by atoms with Crippen LogP contribution in [0.5, 0.6) is 0 Å². The second kappa shape index (κ2) is 8.61. The number of benzene rings is 3. The number of fused-ring (bicyclic) bond motifs is 1. The Morgan fingerprint density at radius 2 is 1.66 bits per heavy atom. The van der Waals surface area contributed by atoms with Crippen molar-refractivity contribution in [1.29, 1.82) is 0 Å². The maximum Gasteiger partial charge on any atom is 0.335 e. The highest BCUT2D eigenvalue weighted by Gasteiger charge is 2.25. The average Bonchev–Trinajstić information content (AvgIpc) is 3.09. The number of aromatic carboxylic acids is 1. The summed E-state index contributed by atoms with van der Waals surface area (Å²) in [4.78, 5) is 11.0. The van der Waals surface area contributed by atoms with E-state index < -0.39 is 5.97 Å². The lowest BCUT2D eigenvalue weighted by Gasteiger charge is -2.17. The van der Waals surface area contributed by atoms with E-state index in [1.54, 1.807) is 18.2 Å². The van der Waals surface area contributed by atoms with Gasteiger partial charge in [-0.3, -0.25) is 0 Å². The highest BCUT2D eigenvalue weighted by molar-refractivity contribution is 6.34. The number of hydrogen-bond donors (Lipinski definition) is 1. The minimum Gasteiger partial charge on any atom is -0.478 e. The predicted octanol–water partition coefficient (Wildman–Crippen LogP) is 6.75. The van der Waals surface area contributed by atoms with Gasteiger partial charge in [0.05, 0.1) is 5.56 Å². The standard InChI is InChI=1S/C25H22Cl2O2/c26-22-13-17(14-23(27)15-22)12-21-11-10-19-3-1-2-18(24(19)21)7-4-16-5-8-20(9-6-16)25(28)29/h1-3,5-6,8-9,13-15,21H,4,7,10-12H2,(H,28,29). The van der Waals surface area contributed by atoms with Crippen LogP contribution in [0.2, 0.25) is 10.0 Å². The third-order valence-electron chi connectivity index (χ3n) is 5.75. The highest BCUT2D eigenvalue weighted by atomic mass is 35.5. The summed E-state index contributed by atoms with van der Waals surface area (Å²) in [5.41, 5.74) is 6.98. The summed E-state index contributed by atoms with van der Waals surface area (Å²) in [5.74, 6) is -0.411. The van der Waals surface area contributed by atoms with Crippen LogP contribution in [0.4, 0.5) is 0 Å². The normalized spacial score (nSPS) is 15.3. The number of carboxylic acids is 1. The lowest BCUT2D eigenvalue weighted by molar-refractivity contribution is 0.0697. The van der Waals surface area contributed by atoms with E-state index in [-0.39, 0.29) is 0 Å². The third-order valence-corrected chi connectivity index (χ3v) is 6.18. The Kier molecular flexibility index (Phi) is 5.94. The SMILES string of the molecule is O=C(O)c1ccc(CCc2cccc3c2C(Cc2cc(Cl)cc(Cl)c2)CC3)cc1. The Morgan fingerprint density at radius 1 is 0.931 bits per heavy atom. The van der Waals surface area contributed by atoms with Crippen molar-refractivity contribution in [2.24, 2.45) is 0 Å². The van der Waals surface area contributed by atoms with Crippen LogP contribution in [-0.4, -0.2) is 11.1 Å². The predicted molar refractivity (Wildman–Crippen MR) is 118 cm³/mol. The van der Waals surface area contributed by atoms with Crippen LogP contribution in [-0.2, 0) is 25.7 Å². The van der Waals surface area contributed by atoms with E-state index in [0.717, 1.165) is 37.7 Å². The largest absolute Gasteiger partial charge is 0.478 e. The van der Waals surface area contributed by atoms with E-state index in [0.29, 0.717) is 21.5 Å². The van der Waals surface area contributed by atoms with Gasteiger partial charge in [-0.1, -0.05) is 53.5 Å². The Balaban J connectivity index is 1.52. The zero-order valence-corrected chi connectivity index (χ0v) is 17.5. The quantitative estimate of drug-likeness (QED) is 0.474. The number of aryl methyl sites for hydroxylation is 3. The van der Waals surface area contributed by atoms with Crippen molar-refractivity contribution < 1.29 is 9.90 Å². The lowest BCUT2D eigenvalue weighted by atomic mass is 9.88. The van der Waals surface area contributed by atoms with Gasteiger partial charge >= 0.3 is 5.97 Å². The minimum absolute atomic E-state index is 0.328. The van der Waals surface area contributed by atoms with Gasteiger partial charge in [-0.25, -0.2) is 4.79 Å². The molecule has 1 unspecified atom stereocenters. The first kappa shape index (κ1) is 20.0. The molecular formula is C25H22Cl2O2. The van der Waals surface area contributed by atoms with Crippen LogP contribution in [0.25, 0.3) is 0 Å². The fraction of sp³-hybridized carbons (Fsp3) is 0.240. The molecule has 4 heteroatoms. The fourth-order valence-corrected chi connectivity index (χ4v) is 4.98. The summed E-state index contributed by atoms with van der Waals surface area (Å²) < 4.78 is 0. The van der Waals surface area contributed by atoms with Gasteiger partial charge in [0.15, 0.2) is 0 Å². The number of carboxylic acid groups (broad SMARTS) is 1. The van der Waals surface area contributed by atoms with Gasteiger partial charge in [0, 0.05) is 10.0 Å². The van der Waals surface area contributed by atoms with Gasteiger partial charge < -0.3 is 5.11 Å². The van der Waals surface area contributed by atoms with Gasteiger partial charge in [0.25, 0.3) is 0 Å². The smallest absolute Gasteiger partial charge is 0.335 e. The topological polar surface area (TPSA) is 37.3 Å². The number of halogens is 2. The molecule has 3 aromatic carbocycles. The molecular weight excluding hydrogens is 403 g/mol. The van der Waals surface area contributed by atoms with Crippen LogP contribution in [0.3, 0.4) is 0 Å². The Morgan fingerprint density at radius 3 is 2.34 bits per heavy atom. The monoisotopic (exact) mass is 424 g/mol. The van der Waals surface area contributed by atoms with E-state index >= 15 is 0 Å². The summed E-state index contributed by atoms with van der Waals surface area (Å²) in [7, 11) is 0. The molecule has 0 spiro atoms. The molecule has 0 aliphatic heterocycles. The number of hydrogen-bond acceptors (Lipinski definition) is 1. The zero-order valence-electron chi connectivity index (χ0n) is 16.0. The van der Waals surface area contributed by atoms with E-state index in [4.69, 9.17) is 28.3 Å². The summed E-state index contributed by atoms with van der Waals surface area (Å²) >= 11 is 12.4. The third kappa shape index (κ3) is 4.66. The van der Waals surface area contributed by atoms with Crippen molar-refractivity contribution in [3.63, 3.8) is 0 Å². The molecule has 1 aliphatic rings. The molecule has 2 nitrogen and oxygen atoms in total. The molecule has 0 radical (unpaired) electrons. The zero-order chi connectivity index (χ0) is 20.4. The maximum atomic E-state index is 11.0. The van der Waals surface area contributed by atoms with E-state index in [1.807, 2.05) is 24.3 Å². The fourth-order valence-electron chi connectivity index (χ4n) is 4.41. The number of rotatable bonds is 6. The Labute approximate surface area is 181 Å².